The molecule has 4 aliphatic rings. The maximum absolute atomic E-state index is 16.9. The van der Waals surface area contributed by atoms with Crippen LogP contribution >= 0.6 is 0 Å². The number of hydrogen-bond donors (Lipinski definition) is 3. The van der Waals surface area contributed by atoms with E-state index in [1.54, 1.807) is 41.9 Å². The van der Waals surface area contributed by atoms with Gasteiger partial charge in [-0.25, -0.2) is 9.18 Å². The van der Waals surface area contributed by atoms with Gasteiger partial charge >= 0.3 is 5.97 Å². The molecule has 0 spiro atoms. The van der Waals surface area contributed by atoms with Gasteiger partial charge in [0.05, 0.1) is 24.4 Å². The van der Waals surface area contributed by atoms with Crippen LogP contribution in [0.1, 0.15) is 125 Å². The van der Waals surface area contributed by atoms with E-state index in [0.29, 0.717) is 70.0 Å². The summed E-state index contributed by atoms with van der Waals surface area (Å²) in [6.07, 6.45) is 7.30. The molecule has 0 aromatic carbocycles. The predicted molar refractivity (Wildman–Crippen MR) is 256 cm³/mol. The quantitative estimate of drug-likeness (QED) is 0.0954. The van der Waals surface area contributed by atoms with Crippen molar-refractivity contribution in [2.75, 3.05) is 41.1 Å². The third-order valence-electron chi connectivity index (χ3n) is 14.7. The Hall–Kier alpha value is -3.48. The van der Waals surface area contributed by atoms with Gasteiger partial charge in [-0.15, -0.1) is 0 Å². The molecule has 1 aliphatic carbocycles. The molecule has 69 heavy (non-hydrogen) atoms. The van der Waals surface area contributed by atoms with E-state index in [0.717, 1.165) is 10.5 Å². The molecule has 15 nitrogen and oxygen atoms in total. The molecule has 390 valence electrons. The molecule has 0 aromatic rings. The van der Waals surface area contributed by atoms with Gasteiger partial charge in [0.2, 0.25) is 5.79 Å². The maximum atomic E-state index is 16.9. The van der Waals surface area contributed by atoms with Crippen molar-refractivity contribution in [1.29, 1.82) is 0 Å². The molecule has 4 rings (SSSR count). The van der Waals surface area contributed by atoms with Crippen LogP contribution in [0.5, 0.6) is 0 Å². The van der Waals surface area contributed by atoms with E-state index in [-0.39, 0.29) is 62.2 Å². The lowest BCUT2D eigenvalue weighted by Crippen LogP contribution is -2.61. The van der Waals surface area contributed by atoms with Crippen LogP contribution in [-0.2, 0) is 52.4 Å². The van der Waals surface area contributed by atoms with Crippen LogP contribution < -0.4 is 0 Å². The molecule has 2 saturated heterocycles. The van der Waals surface area contributed by atoms with E-state index in [1.807, 2.05) is 44.2 Å². The van der Waals surface area contributed by atoms with Crippen LogP contribution in [0.4, 0.5) is 4.39 Å². The lowest BCUT2D eigenvalue weighted by Gasteiger charge is -2.42. The summed E-state index contributed by atoms with van der Waals surface area (Å²) in [7, 11) is 4.45. The molecule has 2 bridgehead atoms. The number of nitrogens with zero attached hydrogens (tertiary/aromatic N) is 1. The minimum Gasteiger partial charge on any atom is -0.457 e. The van der Waals surface area contributed by atoms with Gasteiger partial charge in [-0.05, 0) is 107 Å². The monoisotopic (exact) mass is 976 g/mol. The number of piperidine rings is 1. The van der Waals surface area contributed by atoms with E-state index in [4.69, 9.17) is 28.4 Å². The number of esters is 1. The van der Waals surface area contributed by atoms with E-state index in [2.05, 4.69) is 0 Å². The molecule has 3 fully saturated rings. The fraction of sp³-hybridized carbons (Fsp3) is 0.755. The second-order valence-electron chi connectivity index (χ2n) is 20.0. The molecule has 16 heteroatoms. The third-order valence-corrected chi connectivity index (χ3v) is 14.7. The molecule has 0 radical (unpaired) electrons. The molecule has 0 aromatic heterocycles. The number of Topliss-reactive ketones (excluding diaryl/α,β-unsaturated/α-hetero) is 3. The predicted octanol–water partition coefficient (Wildman–Crippen LogP) is 6.29. The molecule has 3 heterocycles. The van der Waals surface area contributed by atoms with Gasteiger partial charge in [0, 0.05) is 71.7 Å². The summed E-state index contributed by atoms with van der Waals surface area (Å²) in [5, 5.41) is 32.6. The SMILES string of the molecule is CO[C@H]1C[C@@H]2CC[C@@H](C)[C@@](O)(O2)C(=O)C(=O)N2CCCC[C@H]2C(=O)O[C@H]([C@H](F)C[C@@H]2CC[C@@H](OCCCO)[C@H](OC)C2)CC(=O)[C@H](C)/C=C(\C)[C@@H](O)[C@@H](OC)C(=O)[C@H](C)C[C@H](C)/C=C/C=CC=C1C. The second-order valence-corrected chi connectivity index (χ2v) is 20.0. The van der Waals surface area contributed by atoms with Gasteiger partial charge in [0.15, 0.2) is 5.78 Å². The Bertz CT molecular complexity index is 1830. The van der Waals surface area contributed by atoms with E-state index in [9.17, 15) is 39.3 Å². The number of alkyl halides is 1. The minimum atomic E-state index is -2.49. The molecule has 3 N–H and O–H groups in total. The Morgan fingerprint density at radius 2 is 1.61 bits per heavy atom. The Labute approximate surface area is 409 Å². The number of amides is 1. The lowest BCUT2D eigenvalue weighted by molar-refractivity contribution is -0.265. The van der Waals surface area contributed by atoms with E-state index in [1.165, 1.54) is 13.2 Å². The smallest absolute Gasteiger partial charge is 0.329 e. The fourth-order valence-electron chi connectivity index (χ4n) is 10.3. The Balaban J connectivity index is 1.69. The van der Waals surface area contributed by atoms with Crippen LogP contribution in [-0.4, -0.2) is 151 Å². The molecule has 1 saturated carbocycles. The number of cyclic esters (lactones) is 1. The number of rotatable bonds is 10. The van der Waals surface area contributed by atoms with E-state index < -0.39 is 96.1 Å². The number of allylic oxidation sites excluding steroid dienone is 6. The van der Waals surface area contributed by atoms with Crippen molar-refractivity contribution in [3.8, 4) is 0 Å². The number of carbonyl (C=O) groups is 5. The number of aliphatic hydroxyl groups excluding tert-OH is 2. The van der Waals surface area contributed by atoms with Crippen LogP contribution in [0, 0.1) is 29.6 Å². The lowest BCUT2D eigenvalue weighted by atomic mass is 9.81. The van der Waals surface area contributed by atoms with Crippen LogP contribution in [0.2, 0.25) is 0 Å². The average Bonchev–Trinajstić information content (AvgIpc) is 3.33. The highest BCUT2D eigenvalue weighted by atomic mass is 19.1. The maximum Gasteiger partial charge on any atom is 0.329 e. The summed E-state index contributed by atoms with van der Waals surface area (Å²) in [5.74, 6) is -9.01. The molecule has 15 atom stereocenters. The van der Waals surface area contributed by atoms with Crippen LogP contribution in [0.15, 0.2) is 47.6 Å². The van der Waals surface area contributed by atoms with E-state index >= 15 is 4.39 Å². The Morgan fingerprint density at radius 1 is 0.870 bits per heavy atom. The molecule has 0 unspecified atom stereocenters. The summed E-state index contributed by atoms with van der Waals surface area (Å²) in [6, 6.07) is -1.31. The van der Waals surface area contributed by atoms with Crippen molar-refractivity contribution in [2.24, 2.45) is 29.6 Å². The summed E-state index contributed by atoms with van der Waals surface area (Å²) < 4.78 is 52.0. The van der Waals surface area contributed by atoms with Gasteiger partial charge in [-0.3, -0.25) is 19.2 Å². The highest BCUT2D eigenvalue weighted by molar-refractivity contribution is 6.39. The van der Waals surface area contributed by atoms with Crippen molar-refractivity contribution in [3.05, 3.63) is 47.6 Å². The first-order valence-corrected chi connectivity index (χ1v) is 25.1. The number of ether oxygens (including phenoxy) is 6. The zero-order chi connectivity index (χ0) is 51.0. The number of carbonyl (C=O) groups excluding carboxylic acids is 5. The number of fused-ring (bicyclic) bond motifs is 3. The standard InChI is InChI=1S/C53H82FNO14/c1-32-16-11-10-12-17-33(2)44(64-7)30-39-21-19-37(6)53(63,69-39)50(60)51(61)55-23-14-13-18-41(55)52(62)68-45(40(54)28-38-20-22-43(46(29-38)65-8)67-25-15-24-56)31-42(57)34(3)27-36(5)48(59)49(66-9)47(58)35(4)26-32/h10-12,16-17,27,32,34-35,37-41,43-46,48-49,56,59,63H,13-15,18-26,28-31H2,1-9H3/b12-10?,16-11+,33-17?,36-27+/t32-,34-,35-,37-,38+,39+,40-,41+,43-,44+,45+,46-,48-,49+,53-/m1/s1. The number of aliphatic hydroxyl groups is 3. The number of halogens is 1. The topological polar surface area (TPSA) is 205 Å². The zero-order valence-electron chi connectivity index (χ0n) is 42.5. The van der Waals surface area contributed by atoms with Gasteiger partial charge in [0.1, 0.15) is 36.3 Å². The summed E-state index contributed by atoms with van der Waals surface area (Å²) >= 11 is 0. The molecular formula is C53H82FNO14. The highest BCUT2D eigenvalue weighted by Crippen LogP contribution is 2.38. The number of ketones is 3. The van der Waals surface area contributed by atoms with Crippen molar-refractivity contribution < 1.29 is 72.1 Å². The Kier molecular flexibility index (Phi) is 23.5. The summed E-state index contributed by atoms with van der Waals surface area (Å²) in [6.45, 7) is 10.8. The molecular weight excluding hydrogens is 894 g/mol. The second kappa shape index (κ2) is 27.9. The first-order valence-electron chi connectivity index (χ1n) is 25.1. The van der Waals surface area contributed by atoms with Crippen molar-refractivity contribution in [2.45, 2.75) is 186 Å². The first-order chi connectivity index (χ1) is 32.8. The fourth-order valence-corrected chi connectivity index (χ4v) is 10.3. The normalized spacial score (nSPS) is 37.6. The third kappa shape index (κ3) is 16.0. The van der Waals surface area contributed by atoms with Gasteiger partial charge in [-0.1, -0.05) is 64.2 Å². The first kappa shape index (κ1) is 58.1. The van der Waals surface area contributed by atoms with Gasteiger partial charge in [-0.2, -0.15) is 0 Å². The average molecular weight is 976 g/mol. The summed E-state index contributed by atoms with van der Waals surface area (Å²) in [5.41, 5.74) is 1.15. The van der Waals surface area contributed by atoms with Crippen molar-refractivity contribution in [3.63, 3.8) is 0 Å². The summed E-state index contributed by atoms with van der Waals surface area (Å²) in [4.78, 5) is 71.6. The minimum absolute atomic E-state index is 0.00651. The zero-order valence-corrected chi connectivity index (χ0v) is 42.5. The van der Waals surface area contributed by atoms with Crippen LogP contribution in [0.25, 0.3) is 0 Å². The van der Waals surface area contributed by atoms with Gasteiger partial charge < -0.3 is 48.6 Å². The Morgan fingerprint density at radius 3 is 2.29 bits per heavy atom. The molecule has 3 aliphatic heterocycles. The van der Waals surface area contributed by atoms with Crippen molar-refractivity contribution >= 4 is 29.2 Å². The number of hydrogen-bond acceptors (Lipinski definition) is 14. The van der Waals surface area contributed by atoms with Crippen LogP contribution in [0.3, 0.4) is 0 Å². The number of methoxy groups -OCH3 is 3. The van der Waals surface area contributed by atoms with Crippen molar-refractivity contribution in [1.82, 2.24) is 4.90 Å². The van der Waals surface area contributed by atoms with Gasteiger partial charge in [0.25, 0.3) is 11.7 Å². The largest absolute Gasteiger partial charge is 0.457 e. The molecule has 1 amide bonds. The highest BCUT2D eigenvalue weighted by Gasteiger charge is 2.53.